The molecule has 1 nitrogen and oxygen atoms in total. The van der Waals surface area contributed by atoms with Gasteiger partial charge in [-0.3, -0.25) is 0 Å². The number of rotatable bonds is 3. The second-order valence-corrected chi connectivity index (χ2v) is 5.22. The molecule has 0 aliphatic heterocycles. The summed E-state index contributed by atoms with van der Waals surface area (Å²) in [6.07, 6.45) is 4.62. The van der Waals surface area contributed by atoms with Crippen molar-refractivity contribution in [3.05, 3.63) is 76.9 Å². The van der Waals surface area contributed by atoms with Gasteiger partial charge >= 0.3 is 126 Å². The van der Waals surface area contributed by atoms with E-state index in [0.717, 1.165) is 0 Å². The minimum atomic E-state index is 0. The van der Waals surface area contributed by atoms with Crippen molar-refractivity contribution in [1.82, 2.24) is 0 Å². The zero-order valence-corrected chi connectivity index (χ0v) is 14.7. The summed E-state index contributed by atoms with van der Waals surface area (Å²) in [6, 6.07) is 17.2. The first kappa shape index (κ1) is 18.5. The van der Waals surface area contributed by atoms with Gasteiger partial charge in [0.25, 0.3) is 0 Å². The summed E-state index contributed by atoms with van der Waals surface area (Å²) in [6.45, 7) is 2.10. The van der Waals surface area contributed by atoms with E-state index in [1.54, 1.807) is 20.8 Å². The molecule has 2 aromatic rings. The Labute approximate surface area is 150 Å². The molecule has 0 saturated heterocycles. The van der Waals surface area contributed by atoms with Crippen LogP contribution in [0.1, 0.15) is 41.2 Å². The van der Waals surface area contributed by atoms with Gasteiger partial charge < -0.3 is 24.8 Å². The number of halogens is 2. The Morgan fingerprint density at radius 3 is 2.29 bits per heavy atom. The van der Waals surface area contributed by atoms with E-state index in [0.29, 0.717) is 5.92 Å². The average molecular weight is 354 g/mol. The Bertz CT molecular complexity index is 628. The topological polar surface area (TPSA) is 9.23 Å². The molecule has 1 aliphatic rings. The third-order valence-corrected chi connectivity index (χ3v) is 4.30. The van der Waals surface area contributed by atoms with Gasteiger partial charge in [0.15, 0.2) is 0 Å². The molecule has 1 aliphatic carbocycles. The van der Waals surface area contributed by atoms with Gasteiger partial charge in [-0.1, -0.05) is 0 Å². The first-order valence-corrected chi connectivity index (χ1v) is 7.13. The van der Waals surface area contributed by atoms with E-state index >= 15 is 0 Å². The molecule has 2 unspecified atom stereocenters. The maximum atomic E-state index is 5.50. The summed E-state index contributed by atoms with van der Waals surface area (Å²) >= 11 is 1.76. The molecule has 0 spiro atoms. The standard InChI is InChI=1S/C17H15O.2ClH.Ti/c1-12(18)14-7-4-5-9-16(14)17-11-10-13-6-2-3-8-15(13)17;;;/h2-12,17H,1H3;2*1H;/q-1;;;+3/p-2. The predicted molar refractivity (Wildman–Crippen MR) is 73.3 cm³/mol. The molecule has 3 rings (SSSR count). The summed E-state index contributed by atoms with van der Waals surface area (Å²) in [5.41, 5.74) is 5.33. The predicted octanol–water partition coefficient (Wildman–Crippen LogP) is -1.61. The van der Waals surface area contributed by atoms with E-state index in [2.05, 4.69) is 67.6 Å². The molecule has 0 heterocycles. The van der Waals surface area contributed by atoms with Crippen molar-refractivity contribution in [2.24, 2.45) is 0 Å². The normalized spacial score (nSPS) is 16.6. The van der Waals surface area contributed by atoms with Gasteiger partial charge in [0.1, 0.15) is 0 Å². The van der Waals surface area contributed by atoms with Crippen LogP contribution in [0, 0.1) is 0 Å². The summed E-state index contributed by atoms with van der Waals surface area (Å²) in [7, 11) is 0. The van der Waals surface area contributed by atoms with E-state index in [9.17, 15) is 0 Å². The summed E-state index contributed by atoms with van der Waals surface area (Å²) in [5, 5.41) is 0. The second-order valence-electron chi connectivity index (χ2n) is 4.85. The van der Waals surface area contributed by atoms with Crippen molar-refractivity contribution in [2.75, 3.05) is 0 Å². The van der Waals surface area contributed by atoms with Crippen LogP contribution in [0.25, 0.3) is 6.08 Å². The summed E-state index contributed by atoms with van der Waals surface area (Å²) in [5.74, 6) is 0.352. The molecular weight excluding hydrogens is 339 g/mol. The largest absolute Gasteiger partial charge is 1.00 e. The Morgan fingerprint density at radius 2 is 1.57 bits per heavy atom. The SMILES string of the molecule is CC([O][Ti+2])c1ccccc1C1C=Cc2ccccc21.[Cl-].[Cl-]. The fourth-order valence-corrected chi connectivity index (χ4v) is 2.95. The average Bonchev–Trinajstić information content (AvgIpc) is 2.90. The summed E-state index contributed by atoms with van der Waals surface area (Å²) < 4.78 is 5.50. The van der Waals surface area contributed by atoms with Gasteiger partial charge in [0.05, 0.1) is 0 Å². The number of hydrogen-bond donors (Lipinski definition) is 0. The van der Waals surface area contributed by atoms with Gasteiger partial charge in [-0.05, 0) is 0 Å². The quantitative estimate of drug-likeness (QED) is 0.603. The molecule has 0 saturated carbocycles. The van der Waals surface area contributed by atoms with E-state index in [4.69, 9.17) is 3.32 Å². The van der Waals surface area contributed by atoms with Crippen molar-refractivity contribution in [3.63, 3.8) is 0 Å². The number of fused-ring (bicyclic) bond motifs is 1. The molecule has 2 aromatic carbocycles. The minimum Gasteiger partial charge on any atom is -1.00 e. The molecule has 107 valence electrons. The molecule has 0 aromatic heterocycles. The van der Waals surface area contributed by atoms with Crippen molar-refractivity contribution in [2.45, 2.75) is 18.9 Å². The van der Waals surface area contributed by atoms with Gasteiger partial charge in [0.2, 0.25) is 0 Å². The molecular formula is C17H15Cl2OTi. The first-order valence-electron chi connectivity index (χ1n) is 6.49. The van der Waals surface area contributed by atoms with Crippen LogP contribution in [0.15, 0.2) is 54.6 Å². The maximum absolute atomic E-state index is 5.50. The molecule has 0 amide bonds. The Balaban J connectivity index is 0.00000110. The smallest absolute Gasteiger partial charge is 1.00 e. The summed E-state index contributed by atoms with van der Waals surface area (Å²) in [4.78, 5) is 0. The van der Waals surface area contributed by atoms with Gasteiger partial charge in [-0.2, -0.15) is 0 Å². The van der Waals surface area contributed by atoms with Crippen LogP contribution in [0.4, 0.5) is 0 Å². The van der Waals surface area contributed by atoms with Gasteiger partial charge in [0, 0.05) is 0 Å². The zero-order chi connectivity index (χ0) is 13.2. The Hall–Kier alpha value is -0.566. The monoisotopic (exact) mass is 353 g/mol. The third-order valence-electron chi connectivity index (χ3n) is 3.75. The molecule has 21 heavy (non-hydrogen) atoms. The fraction of sp³-hybridized carbons (Fsp3) is 0.176. The van der Waals surface area contributed by atoms with Crippen LogP contribution >= 0.6 is 0 Å². The number of hydrogen-bond acceptors (Lipinski definition) is 1. The van der Waals surface area contributed by atoms with Crippen LogP contribution in [-0.2, 0) is 24.1 Å². The van der Waals surface area contributed by atoms with Crippen LogP contribution in [0.2, 0.25) is 0 Å². The van der Waals surface area contributed by atoms with E-state index < -0.39 is 0 Å². The van der Waals surface area contributed by atoms with Crippen molar-refractivity contribution < 1.29 is 49.0 Å². The molecule has 0 bridgehead atoms. The fourth-order valence-electron chi connectivity index (χ4n) is 2.75. The molecule has 4 heteroatoms. The maximum Gasteiger partial charge on any atom is -1.00 e. The number of benzene rings is 2. The van der Waals surface area contributed by atoms with E-state index in [-0.39, 0.29) is 30.9 Å². The van der Waals surface area contributed by atoms with Crippen LogP contribution < -0.4 is 24.8 Å². The van der Waals surface area contributed by atoms with Crippen molar-refractivity contribution in [3.8, 4) is 0 Å². The van der Waals surface area contributed by atoms with E-state index in [1.165, 1.54) is 22.3 Å². The van der Waals surface area contributed by atoms with Crippen LogP contribution in [0.5, 0.6) is 0 Å². The van der Waals surface area contributed by atoms with Crippen LogP contribution in [-0.4, -0.2) is 0 Å². The molecule has 2 atom stereocenters. The van der Waals surface area contributed by atoms with Gasteiger partial charge in [-0.15, -0.1) is 0 Å². The Kier molecular flexibility index (Phi) is 7.19. The molecule has 0 N–H and O–H groups in total. The van der Waals surface area contributed by atoms with Crippen molar-refractivity contribution >= 4 is 6.08 Å². The zero-order valence-electron chi connectivity index (χ0n) is 11.6. The Morgan fingerprint density at radius 1 is 0.952 bits per heavy atom. The van der Waals surface area contributed by atoms with E-state index in [1.807, 2.05) is 0 Å². The van der Waals surface area contributed by atoms with Crippen LogP contribution in [0.3, 0.4) is 0 Å². The van der Waals surface area contributed by atoms with Crippen molar-refractivity contribution in [1.29, 1.82) is 0 Å². The first-order chi connectivity index (χ1) is 9.31. The minimum absolute atomic E-state index is 0. The second kappa shape index (κ2) is 8.17. The van der Waals surface area contributed by atoms with Gasteiger partial charge in [-0.25, -0.2) is 0 Å². The number of allylic oxidation sites excluding steroid dienone is 1. The molecule has 0 radical (unpaired) electrons. The third kappa shape index (κ3) is 3.61. The molecule has 0 fully saturated rings.